The normalized spacial score (nSPS) is 19.1. The highest BCUT2D eigenvalue weighted by atomic mass is 19.4. The maximum absolute atomic E-state index is 12.4. The Hall–Kier alpha value is -2.94. The van der Waals surface area contributed by atoms with E-state index in [2.05, 4.69) is 4.74 Å². The molecule has 1 aliphatic heterocycles. The number of amides is 1. The van der Waals surface area contributed by atoms with Gasteiger partial charge in [0.2, 0.25) is 0 Å². The van der Waals surface area contributed by atoms with Crippen LogP contribution in [0.4, 0.5) is 18.0 Å². The van der Waals surface area contributed by atoms with Crippen LogP contribution < -0.4 is 9.47 Å². The Morgan fingerprint density at radius 2 is 1.72 bits per heavy atom. The van der Waals surface area contributed by atoms with E-state index in [4.69, 9.17) is 9.47 Å². The standard InChI is InChI=1S/C20H20F3NO5/c21-20(22,23)29-17-8-6-16(7-9-17)28-18-10-15(12-25)24(11-18)19(26)27-13-14-4-2-1-3-5-14/h1-9,15,18,25H,10-13H2/t15-,18+/m0/s1. The van der Waals surface area contributed by atoms with E-state index in [0.29, 0.717) is 12.2 Å². The van der Waals surface area contributed by atoms with Gasteiger partial charge < -0.3 is 19.3 Å². The first-order chi connectivity index (χ1) is 13.8. The van der Waals surface area contributed by atoms with Gasteiger partial charge in [-0.3, -0.25) is 4.90 Å². The van der Waals surface area contributed by atoms with E-state index in [1.807, 2.05) is 30.3 Å². The maximum atomic E-state index is 12.4. The molecular formula is C20H20F3NO5. The number of benzene rings is 2. The molecule has 1 saturated heterocycles. The third-order valence-corrected chi connectivity index (χ3v) is 4.39. The molecule has 156 valence electrons. The molecule has 0 unspecified atom stereocenters. The summed E-state index contributed by atoms with van der Waals surface area (Å²) in [5.74, 6) is -0.0173. The highest BCUT2D eigenvalue weighted by Crippen LogP contribution is 2.27. The fourth-order valence-corrected chi connectivity index (χ4v) is 3.07. The van der Waals surface area contributed by atoms with Gasteiger partial charge in [-0.2, -0.15) is 0 Å². The summed E-state index contributed by atoms with van der Waals surface area (Å²) in [6.45, 7) is 0.0544. The molecule has 9 heteroatoms. The van der Waals surface area contributed by atoms with Crippen LogP contribution in [0.1, 0.15) is 12.0 Å². The van der Waals surface area contributed by atoms with E-state index in [1.54, 1.807) is 0 Å². The number of alkyl halides is 3. The molecule has 3 rings (SSSR count). The fraction of sp³-hybridized carbons (Fsp3) is 0.350. The van der Waals surface area contributed by atoms with Crippen molar-refractivity contribution in [3.05, 3.63) is 60.2 Å². The van der Waals surface area contributed by atoms with Crippen LogP contribution >= 0.6 is 0 Å². The molecule has 1 aliphatic rings. The summed E-state index contributed by atoms with van der Waals surface area (Å²) in [5.41, 5.74) is 0.842. The Morgan fingerprint density at radius 1 is 1.07 bits per heavy atom. The molecule has 6 nitrogen and oxygen atoms in total. The molecule has 29 heavy (non-hydrogen) atoms. The zero-order chi connectivity index (χ0) is 20.9. The number of halogens is 3. The van der Waals surface area contributed by atoms with Crippen LogP contribution in [0, 0.1) is 0 Å². The second kappa shape index (κ2) is 9.04. The molecule has 1 heterocycles. The Bertz CT molecular complexity index is 798. The monoisotopic (exact) mass is 411 g/mol. The number of hydrogen-bond acceptors (Lipinski definition) is 5. The van der Waals surface area contributed by atoms with E-state index in [-0.39, 0.29) is 25.5 Å². The summed E-state index contributed by atoms with van der Waals surface area (Å²) in [7, 11) is 0. The number of carbonyl (C=O) groups is 1. The molecule has 0 saturated carbocycles. The Labute approximate surface area is 165 Å². The average Bonchev–Trinajstić information content (AvgIpc) is 3.10. The van der Waals surface area contributed by atoms with Crippen LogP contribution in [0.5, 0.6) is 11.5 Å². The fourth-order valence-electron chi connectivity index (χ4n) is 3.07. The molecule has 0 aliphatic carbocycles. The van der Waals surface area contributed by atoms with Crippen LogP contribution in [0.25, 0.3) is 0 Å². The van der Waals surface area contributed by atoms with Crippen LogP contribution in [-0.4, -0.2) is 47.8 Å². The van der Waals surface area contributed by atoms with Crippen molar-refractivity contribution < 1.29 is 37.3 Å². The smallest absolute Gasteiger partial charge is 0.488 e. The van der Waals surface area contributed by atoms with Gasteiger partial charge >= 0.3 is 12.5 Å². The second-order valence-electron chi connectivity index (χ2n) is 6.52. The van der Waals surface area contributed by atoms with Gasteiger partial charge in [-0.15, -0.1) is 13.2 Å². The number of rotatable bonds is 6. The highest BCUT2D eigenvalue weighted by molar-refractivity contribution is 5.68. The summed E-state index contributed by atoms with van der Waals surface area (Å²) in [5, 5.41) is 9.57. The minimum absolute atomic E-state index is 0.112. The zero-order valence-corrected chi connectivity index (χ0v) is 15.3. The summed E-state index contributed by atoms with van der Waals surface area (Å²) >= 11 is 0. The van der Waals surface area contributed by atoms with Gasteiger partial charge in [0.05, 0.1) is 19.2 Å². The first kappa shape index (κ1) is 20.8. The van der Waals surface area contributed by atoms with Crippen molar-refractivity contribution in [3.8, 4) is 11.5 Å². The number of ether oxygens (including phenoxy) is 3. The molecular weight excluding hydrogens is 391 g/mol. The van der Waals surface area contributed by atoms with Gasteiger partial charge in [-0.25, -0.2) is 4.79 Å². The number of aliphatic hydroxyl groups excluding tert-OH is 1. The predicted octanol–water partition coefficient (Wildman–Crippen LogP) is 3.74. The molecule has 0 bridgehead atoms. The molecule has 1 fully saturated rings. The minimum Gasteiger partial charge on any atom is -0.488 e. The largest absolute Gasteiger partial charge is 0.573 e. The van der Waals surface area contributed by atoms with E-state index >= 15 is 0 Å². The summed E-state index contributed by atoms with van der Waals surface area (Å²) in [4.78, 5) is 13.8. The van der Waals surface area contributed by atoms with Crippen molar-refractivity contribution in [3.63, 3.8) is 0 Å². The molecule has 2 atom stereocenters. The predicted molar refractivity (Wildman–Crippen MR) is 96.4 cm³/mol. The maximum Gasteiger partial charge on any atom is 0.573 e. The third kappa shape index (κ3) is 6.02. The molecule has 0 radical (unpaired) electrons. The summed E-state index contributed by atoms with van der Waals surface area (Å²) < 4.78 is 51.5. The lowest BCUT2D eigenvalue weighted by Crippen LogP contribution is -2.38. The Kier molecular flexibility index (Phi) is 6.48. The van der Waals surface area contributed by atoms with E-state index in [9.17, 15) is 23.1 Å². The molecule has 2 aromatic rings. The first-order valence-electron chi connectivity index (χ1n) is 8.94. The van der Waals surface area contributed by atoms with E-state index < -0.39 is 24.6 Å². The lowest BCUT2D eigenvalue weighted by molar-refractivity contribution is -0.274. The van der Waals surface area contributed by atoms with Gasteiger partial charge in [-0.05, 0) is 29.8 Å². The number of carbonyl (C=O) groups excluding carboxylic acids is 1. The number of hydrogen-bond donors (Lipinski definition) is 1. The van der Waals surface area contributed by atoms with Crippen LogP contribution in [-0.2, 0) is 11.3 Å². The third-order valence-electron chi connectivity index (χ3n) is 4.39. The van der Waals surface area contributed by atoms with Crippen LogP contribution in [0.15, 0.2) is 54.6 Å². The molecule has 2 aromatic carbocycles. The van der Waals surface area contributed by atoms with Crippen LogP contribution in [0.3, 0.4) is 0 Å². The summed E-state index contributed by atoms with van der Waals surface area (Å²) in [6.07, 6.45) is -5.38. The van der Waals surface area contributed by atoms with Crippen molar-refractivity contribution in [2.24, 2.45) is 0 Å². The number of aliphatic hydroxyl groups is 1. The van der Waals surface area contributed by atoms with Crippen molar-refractivity contribution in [1.29, 1.82) is 0 Å². The average molecular weight is 411 g/mol. The molecule has 1 N–H and O–H groups in total. The number of nitrogens with zero attached hydrogens (tertiary/aromatic N) is 1. The summed E-state index contributed by atoms with van der Waals surface area (Å²) in [6, 6.07) is 13.7. The Morgan fingerprint density at radius 3 is 2.34 bits per heavy atom. The lowest BCUT2D eigenvalue weighted by atomic mass is 10.2. The molecule has 0 spiro atoms. The van der Waals surface area contributed by atoms with Gasteiger partial charge in [0.15, 0.2) is 0 Å². The van der Waals surface area contributed by atoms with E-state index in [0.717, 1.165) is 17.7 Å². The van der Waals surface area contributed by atoms with Gasteiger partial charge in [0, 0.05) is 6.42 Å². The van der Waals surface area contributed by atoms with Crippen LogP contribution in [0.2, 0.25) is 0 Å². The highest BCUT2D eigenvalue weighted by Gasteiger charge is 2.37. The van der Waals surface area contributed by atoms with Gasteiger partial charge in [0.1, 0.15) is 24.2 Å². The molecule has 1 amide bonds. The molecule has 0 aromatic heterocycles. The first-order valence-corrected chi connectivity index (χ1v) is 8.94. The topological polar surface area (TPSA) is 68.2 Å². The van der Waals surface area contributed by atoms with Crippen molar-refractivity contribution in [2.45, 2.75) is 31.5 Å². The lowest BCUT2D eigenvalue weighted by Gasteiger charge is -2.21. The van der Waals surface area contributed by atoms with E-state index in [1.165, 1.54) is 17.0 Å². The SMILES string of the molecule is O=C(OCc1ccccc1)N1C[C@H](Oc2ccc(OC(F)(F)F)cc2)C[C@H]1CO. The quantitative estimate of drug-likeness (QED) is 0.785. The second-order valence-corrected chi connectivity index (χ2v) is 6.52. The van der Waals surface area contributed by atoms with Crippen molar-refractivity contribution in [1.82, 2.24) is 4.90 Å². The van der Waals surface area contributed by atoms with Crippen molar-refractivity contribution in [2.75, 3.05) is 13.2 Å². The van der Waals surface area contributed by atoms with Gasteiger partial charge in [0.25, 0.3) is 0 Å². The number of likely N-dealkylation sites (tertiary alicyclic amines) is 1. The minimum atomic E-state index is -4.76. The van der Waals surface area contributed by atoms with Gasteiger partial charge in [-0.1, -0.05) is 30.3 Å². The zero-order valence-electron chi connectivity index (χ0n) is 15.3. The van der Waals surface area contributed by atoms with Crippen molar-refractivity contribution >= 4 is 6.09 Å². The Balaban J connectivity index is 1.55.